The lowest BCUT2D eigenvalue weighted by atomic mass is 9.93. The second-order valence-corrected chi connectivity index (χ2v) is 12.3. The maximum absolute atomic E-state index is 13.8. The van der Waals surface area contributed by atoms with E-state index < -0.39 is 10.0 Å². The van der Waals surface area contributed by atoms with E-state index in [0.717, 1.165) is 55.3 Å². The van der Waals surface area contributed by atoms with Crippen LogP contribution >= 0.6 is 0 Å². The number of nitrogens with zero attached hydrogens (tertiary/aromatic N) is 3. The van der Waals surface area contributed by atoms with Gasteiger partial charge in [0.1, 0.15) is 5.69 Å². The van der Waals surface area contributed by atoms with Crippen LogP contribution in [0.25, 0.3) is 12.2 Å². The fraction of sp³-hybridized carbons (Fsp3) is 0.571. The number of carbonyl (C=O) groups is 1. The van der Waals surface area contributed by atoms with Crippen molar-refractivity contribution in [3.05, 3.63) is 45.8 Å². The highest BCUT2D eigenvalue weighted by Gasteiger charge is 2.39. The van der Waals surface area contributed by atoms with Gasteiger partial charge in [-0.2, -0.15) is 4.31 Å². The van der Waals surface area contributed by atoms with Crippen molar-refractivity contribution in [1.82, 2.24) is 14.4 Å². The Kier molecular flexibility index (Phi) is 8.05. The van der Waals surface area contributed by atoms with Crippen molar-refractivity contribution in [2.75, 3.05) is 19.6 Å². The molecule has 0 aliphatic carbocycles. The van der Waals surface area contributed by atoms with E-state index in [2.05, 4.69) is 31.1 Å². The zero-order valence-electron chi connectivity index (χ0n) is 22.2. The van der Waals surface area contributed by atoms with Crippen molar-refractivity contribution in [3.8, 4) is 0 Å². The third-order valence-corrected chi connectivity index (χ3v) is 9.71. The Morgan fingerprint density at radius 1 is 1.06 bits per heavy atom. The first-order valence-electron chi connectivity index (χ1n) is 13.2. The molecule has 7 nitrogen and oxygen atoms in total. The van der Waals surface area contributed by atoms with Crippen LogP contribution in [0.5, 0.6) is 0 Å². The van der Waals surface area contributed by atoms with Gasteiger partial charge in [0.15, 0.2) is 10.7 Å². The third-order valence-electron chi connectivity index (χ3n) is 7.69. The number of hydrogen-bond donors (Lipinski definition) is 0. The van der Waals surface area contributed by atoms with E-state index in [4.69, 9.17) is 4.52 Å². The number of hydrogen-bond acceptors (Lipinski definition) is 5. The molecule has 196 valence electrons. The Labute approximate surface area is 215 Å². The minimum atomic E-state index is -3.87. The molecule has 0 spiro atoms. The van der Waals surface area contributed by atoms with E-state index in [1.807, 2.05) is 24.8 Å². The molecule has 2 aromatic rings. The summed E-state index contributed by atoms with van der Waals surface area (Å²) in [5.41, 5.74) is 4.79. The summed E-state index contributed by atoms with van der Waals surface area (Å²) in [4.78, 5) is 15.5. The third kappa shape index (κ3) is 5.30. The summed E-state index contributed by atoms with van der Waals surface area (Å²) >= 11 is 0. The molecule has 0 N–H and O–H groups in total. The van der Waals surface area contributed by atoms with Gasteiger partial charge in [0, 0.05) is 25.7 Å². The molecule has 2 saturated heterocycles. The molecule has 0 saturated carbocycles. The zero-order chi connectivity index (χ0) is 26.0. The summed E-state index contributed by atoms with van der Waals surface area (Å²) in [5, 5.41) is 3.99. The number of amides is 1. The summed E-state index contributed by atoms with van der Waals surface area (Å²) in [6.07, 6.45) is 9.13. The largest absolute Gasteiger partial charge is 0.355 e. The molecule has 2 aliphatic rings. The average molecular weight is 514 g/mol. The van der Waals surface area contributed by atoms with Crippen LogP contribution in [0.4, 0.5) is 0 Å². The summed E-state index contributed by atoms with van der Waals surface area (Å²) in [7, 11) is -3.87. The molecule has 8 heteroatoms. The summed E-state index contributed by atoms with van der Waals surface area (Å²) < 4.78 is 34.6. The Hall–Kier alpha value is -2.45. The van der Waals surface area contributed by atoms with Gasteiger partial charge < -0.3 is 9.42 Å². The van der Waals surface area contributed by atoms with Crippen LogP contribution in [0.1, 0.15) is 79.2 Å². The molecule has 2 atom stereocenters. The molecule has 36 heavy (non-hydrogen) atoms. The van der Waals surface area contributed by atoms with Crippen LogP contribution in [-0.4, -0.2) is 54.4 Å². The van der Waals surface area contributed by atoms with E-state index in [9.17, 15) is 13.2 Å². The highest BCUT2D eigenvalue weighted by Crippen LogP contribution is 2.31. The highest BCUT2D eigenvalue weighted by atomic mass is 32.2. The van der Waals surface area contributed by atoms with Crippen molar-refractivity contribution in [1.29, 1.82) is 0 Å². The monoisotopic (exact) mass is 513 g/mol. The molecule has 4 rings (SSSR count). The number of likely N-dealkylation sites (tertiary alicyclic amines) is 1. The van der Waals surface area contributed by atoms with Crippen LogP contribution in [0, 0.1) is 33.6 Å². The van der Waals surface area contributed by atoms with Crippen molar-refractivity contribution >= 4 is 28.1 Å². The molecule has 2 unspecified atom stereocenters. The Bertz CT molecular complexity index is 1220. The van der Waals surface area contributed by atoms with Gasteiger partial charge in [0.05, 0.1) is 5.92 Å². The van der Waals surface area contributed by atoms with E-state index in [1.54, 1.807) is 13.0 Å². The van der Waals surface area contributed by atoms with Crippen molar-refractivity contribution in [3.63, 3.8) is 0 Å². The van der Waals surface area contributed by atoms with Crippen LogP contribution < -0.4 is 0 Å². The summed E-state index contributed by atoms with van der Waals surface area (Å²) in [6.45, 7) is 11.3. The molecule has 1 aromatic carbocycles. The van der Waals surface area contributed by atoms with Crippen LogP contribution in [0.2, 0.25) is 0 Å². The van der Waals surface area contributed by atoms with Gasteiger partial charge >= 0.3 is 0 Å². The fourth-order valence-electron chi connectivity index (χ4n) is 5.85. The number of aromatic nitrogens is 1. The molecule has 2 aliphatic heterocycles. The van der Waals surface area contributed by atoms with E-state index >= 15 is 0 Å². The van der Waals surface area contributed by atoms with Gasteiger partial charge in [-0.1, -0.05) is 35.9 Å². The fourth-order valence-corrected chi connectivity index (χ4v) is 7.63. The highest BCUT2D eigenvalue weighted by molar-refractivity contribution is 7.89. The topological polar surface area (TPSA) is 83.7 Å². The van der Waals surface area contributed by atoms with Crippen molar-refractivity contribution in [2.45, 2.75) is 84.1 Å². The van der Waals surface area contributed by atoms with E-state index in [-0.39, 0.29) is 35.1 Å². The molecule has 0 radical (unpaired) electrons. The number of rotatable bonds is 6. The number of piperidine rings is 2. The molecule has 1 aromatic heterocycles. The second-order valence-electron chi connectivity index (χ2n) is 10.4. The predicted molar refractivity (Wildman–Crippen MR) is 142 cm³/mol. The summed E-state index contributed by atoms with van der Waals surface area (Å²) in [5.74, 6) is 0.0222. The number of benzene rings is 1. The van der Waals surface area contributed by atoms with Crippen LogP contribution in [0.15, 0.2) is 21.6 Å². The maximum atomic E-state index is 13.8. The number of aryl methyl sites for hydroxylation is 4. The molecule has 1 amide bonds. The first kappa shape index (κ1) is 26.6. The van der Waals surface area contributed by atoms with E-state index in [1.165, 1.54) is 9.87 Å². The molecular weight excluding hydrogens is 474 g/mol. The van der Waals surface area contributed by atoms with Crippen molar-refractivity contribution in [2.24, 2.45) is 5.92 Å². The van der Waals surface area contributed by atoms with Crippen LogP contribution in [0.3, 0.4) is 0 Å². The minimum absolute atomic E-state index is 0.0960. The predicted octanol–water partition coefficient (Wildman–Crippen LogP) is 5.27. The quantitative estimate of drug-likeness (QED) is 0.525. The lowest BCUT2D eigenvalue weighted by molar-refractivity contribution is -0.140. The van der Waals surface area contributed by atoms with Gasteiger partial charge in [-0.3, -0.25) is 4.79 Å². The first-order valence-corrected chi connectivity index (χ1v) is 14.6. The molecular formula is C28H39N3O4S. The van der Waals surface area contributed by atoms with Gasteiger partial charge in [-0.25, -0.2) is 8.42 Å². The molecule has 3 heterocycles. The SMILES string of the molecule is CCC1CCCCN1C(=O)C1CCCN(S(=O)(=O)c2c(C)noc2/C=C/c2c(C)cc(C)cc2C)C1. The zero-order valence-corrected chi connectivity index (χ0v) is 23.0. The van der Waals surface area contributed by atoms with E-state index in [0.29, 0.717) is 18.7 Å². The molecule has 2 fully saturated rings. The van der Waals surface area contributed by atoms with Gasteiger partial charge in [0.2, 0.25) is 15.9 Å². The number of carbonyl (C=O) groups excluding carboxylic acids is 1. The van der Waals surface area contributed by atoms with Gasteiger partial charge in [0.25, 0.3) is 0 Å². The summed E-state index contributed by atoms with van der Waals surface area (Å²) in [6, 6.07) is 4.47. The van der Waals surface area contributed by atoms with Crippen LogP contribution in [-0.2, 0) is 14.8 Å². The van der Waals surface area contributed by atoms with Gasteiger partial charge in [-0.05, 0) is 89.0 Å². The minimum Gasteiger partial charge on any atom is -0.355 e. The Morgan fingerprint density at radius 2 is 1.78 bits per heavy atom. The Balaban J connectivity index is 1.58. The average Bonchev–Trinajstić information content (AvgIpc) is 3.24. The standard InChI is InChI=1S/C28H39N3O4S/c1-6-24-11-7-8-15-31(24)28(32)23-10-9-14-30(18-23)36(33,34)27-22(5)29-35-26(27)13-12-25-20(3)16-19(2)17-21(25)4/h12-13,16-17,23-24H,6-11,14-15,18H2,1-5H3/b13-12+. The lowest BCUT2D eigenvalue weighted by Gasteiger charge is -2.40. The van der Waals surface area contributed by atoms with Gasteiger partial charge in [-0.15, -0.1) is 0 Å². The smallest absolute Gasteiger partial charge is 0.248 e. The second kappa shape index (κ2) is 10.9. The lowest BCUT2D eigenvalue weighted by Crippen LogP contribution is -2.51. The number of sulfonamides is 1. The maximum Gasteiger partial charge on any atom is 0.248 e. The van der Waals surface area contributed by atoms with Crippen molar-refractivity contribution < 1.29 is 17.7 Å². The first-order chi connectivity index (χ1) is 17.1. The molecule has 0 bridgehead atoms. The Morgan fingerprint density at radius 3 is 2.47 bits per heavy atom. The normalized spacial score (nSPS) is 21.9.